The molecule has 3 aromatic rings. The van der Waals surface area contributed by atoms with Gasteiger partial charge in [0.1, 0.15) is 5.76 Å². The van der Waals surface area contributed by atoms with Crippen LogP contribution in [0.5, 0.6) is 0 Å². The molecular formula is C16H15N3O5S. The number of carbonyl (C=O) groups is 1. The van der Waals surface area contributed by atoms with Gasteiger partial charge in [-0.25, -0.2) is 22.9 Å². The highest BCUT2D eigenvalue weighted by Gasteiger charge is 2.32. The lowest BCUT2D eigenvalue weighted by molar-refractivity contribution is 0.0691. The molecule has 0 aliphatic carbocycles. The number of aromatic carboxylic acids is 1. The standard InChI is InChI=1S/C16H15N3O5S/c1-9-14-11(13-3-2-5-24-13)7-12(16(20)21)17-15(14)19(18-9)10-4-6-25(22,23)8-10/h2-3,5,7,10H,4,6,8H2,1H3,(H,20,21). The van der Waals surface area contributed by atoms with Crippen LogP contribution in [-0.2, 0) is 9.84 Å². The summed E-state index contributed by atoms with van der Waals surface area (Å²) in [6, 6.07) is 4.55. The first-order chi connectivity index (χ1) is 11.9. The molecule has 8 nitrogen and oxygen atoms in total. The lowest BCUT2D eigenvalue weighted by Gasteiger charge is -2.10. The molecule has 0 aromatic carbocycles. The maximum atomic E-state index is 11.8. The highest BCUT2D eigenvalue weighted by molar-refractivity contribution is 7.91. The summed E-state index contributed by atoms with van der Waals surface area (Å²) in [7, 11) is -3.11. The highest BCUT2D eigenvalue weighted by Crippen LogP contribution is 2.34. The number of aromatic nitrogens is 3. The SMILES string of the molecule is Cc1nn(C2CCS(=O)(=O)C2)c2nc(C(=O)O)cc(-c3ccco3)c12. The minimum absolute atomic E-state index is 0.0156. The van der Waals surface area contributed by atoms with Crippen LogP contribution in [0.15, 0.2) is 28.9 Å². The van der Waals surface area contributed by atoms with Crippen LogP contribution in [0, 0.1) is 6.92 Å². The van der Waals surface area contributed by atoms with E-state index in [0.717, 1.165) is 0 Å². The van der Waals surface area contributed by atoms with E-state index in [1.54, 1.807) is 23.7 Å². The van der Waals surface area contributed by atoms with Crippen molar-refractivity contribution in [2.75, 3.05) is 11.5 Å². The smallest absolute Gasteiger partial charge is 0.354 e. The number of nitrogens with zero attached hydrogens (tertiary/aromatic N) is 3. The zero-order valence-corrected chi connectivity index (χ0v) is 14.2. The van der Waals surface area contributed by atoms with Crippen molar-refractivity contribution in [1.82, 2.24) is 14.8 Å². The third-order valence-corrected chi connectivity index (χ3v) is 6.15. The maximum Gasteiger partial charge on any atom is 0.354 e. The van der Waals surface area contributed by atoms with Crippen LogP contribution in [0.25, 0.3) is 22.4 Å². The Hall–Kier alpha value is -2.68. The summed E-state index contributed by atoms with van der Waals surface area (Å²) in [5.74, 6) is -0.573. The van der Waals surface area contributed by atoms with E-state index in [-0.39, 0.29) is 23.2 Å². The Morgan fingerprint density at radius 3 is 2.84 bits per heavy atom. The van der Waals surface area contributed by atoms with Gasteiger partial charge < -0.3 is 9.52 Å². The van der Waals surface area contributed by atoms with Gasteiger partial charge in [-0.2, -0.15) is 5.10 Å². The summed E-state index contributed by atoms with van der Waals surface area (Å²) >= 11 is 0. The molecule has 1 atom stereocenters. The van der Waals surface area contributed by atoms with Crippen LogP contribution in [0.4, 0.5) is 0 Å². The van der Waals surface area contributed by atoms with Gasteiger partial charge in [-0.3, -0.25) is 0 Å². The van der Waals surface area contributed by atoms with Crippen LogP contribution in [0.3, 0.4) is 0 Å². The predicted octanol–water partition coefficient (Wildman–Crippen LogP) is 2.06. The molecule has 3 aromatic heterocycles. The highest BCUT2D eigenvalue weighted by atomic mass is 32.2. The summed E-state index contributed by atoms with van der Waals surface area (Å²) in [6.45, 7) is 1.79. The summed E-state index contributed by atoms with van der Waals surface area (Å²) in [4.78, 5) is 15.7. The number of hydrogen-bond donors (Lipinski definition) is 1. The monoisotopic (exact) mass is 361 g/mol. The number of carboxylic acids is 1. The first-order valence-corrected chi connectivity index (χ1v) is 9.55. The van der Waals surface area contributed by atoms with E-state index in [9.17, 15) is 18.3 Å². The van der Waals surface area contributed by atoms with Gasteiger partial charge in [0.2, 0.25) is 0 Å². The van der Waals surface area contributed by atoms with E-state index < -0.39 is 15.8 Å². The Morgan fingerprint density at radius 2 is 2.24 bits per heavy atom. The van der Waals surface area contributed by atoms with Crippen molar-refractivity contribution in [1.29, 1.82) is 0 Å². The normalized spacial score (nSPS) is 19.5. The van der Waals surface area contributed by atoms with Crippen LogP contribution in [0.2, 0.25) is 0 Å². The zero-order valence-electron chi connectivity index (χ0n) is 13.3. The van der Waals surface area contributed by atoms with E-state index in [1.807, 2.05) is 0 Å². The first-order valence-electron chi connectivity index (χ1n) is 7.73. The molecule has 4 heterocycles. The number of aryl methyl sites for hydroxylation is 1. The van der Waals surface area contributed by atoms with Gasteiger partial charge in [0.15, 0.2) is 21.2 Å². The average Bonchev–Trinajstić information content (AvgIpc) is 3.26. The molecule has 1 saturated heterocycles. The van der Waals surface area contributed by atoms with Gasteiger partial charge in [-0.05, 0) is 31.5 Å². The third-order valence-electron chi connectivity index (χ3n) is 4.40. The van der Waals surface area contributed by atoms with Crippen molar-refractivity contribution in [2.45, 2.75) is 19.4 Å². The van der Waals surface area contributed by atoms with Crippen molar-refractivity contribution < 1.29 is 22.7 Å². The average molecular weight is 361 g/mol. The van der Waals surface area contributed by atoms with Crippen molar-refractivity contribution in [3.8, 4) is 11.3 Å². The van der Waals surface area contributed by atoms with Gasteiger partial charge in [0.25, 0.3) is 0 Å². The van der Waals surface area contributed by atoms with Crippen LogP contribution in [-0.4, -0.2) is 45.8 Å². The number of carboxylic acid groups (broad SMARTS) is 1. The van der Waals surface area contributed by atoms with Crippen molar-refractivity contribution in [2.24, 2.45) is 0 Å². The molecule has 0 saturated carbocycles. The Morgan fingerprint density at radius 1 is 1.44 bits per heavy atom. The topological polar surface area (TPSA) is 115 Å². The van der Waals surface area contributed by atoms with E-state index in [0.29, 0.717) is 34.5 Å². The van der Waals surface area contributed by atoms with Crippen LogP contribution in [0.1, 0.15) is 28.6 Å². The molecule has 9 heteroatoms. The summed E-state index contributed by atoms with van der Waals surface area (Å²) < 4.78 is 30.6. The number of fused-ring (bicyclic) bond motifs is 1. The van der Waals surface area contributed by atoms with Gasteiger partial charge in [0.05, 0.1) is 34.9 Å². The Balaban J connectivity index is 1.99. The molecule has 4 rings (SSSR count). The van der Waals surface area contributed by atoms with Crippen molar-refractivity contribution >= 4 is 26.8 Å². The molecular weight excluding hydrogens is 346 g/mol. The molecule has 1 fully saturated rings. The van der Waals surface area contributed by atoms with Gasteiger partial charge in [-0.15, -0.1) is 0 Å². The van der Waals surface area contributed by atoms with E-state index in [2.05, 4.69) is 10.1 Å². The van der Waals surface area contributed by atoms with Gasteiger partial charge >= 0.3 is 5.97 Å². The van der Waals surface area contributed by atoms with Crippen LogP contribution < -0.4 is 0 Å². The molecule has 25 heavy (non-hydrogen) atoms. The quantitative estimate of drug-likeness (QED) is 0.759. The summed E-state index contributed by atoms with van der Waals surface area (Å²) in [5, 5.41) is 14.5. The molecule has 1 aliphatic heterocycles. The molecule has 1 aliphatic rings. The van der Waals surface area contributed by atoms with E-state index >= 15 is 0 Å². The fourth-order valence-corrected chi connectivity index (χ4v) is 4.96. The molecule has 0 bridgehead atoms. The summed E-state index contributed by atoms with van der Waals surface area (Å²) in [5.41, 5.74) is 1.46. The second-order valence-corrected chi connectivity index (χ2v) is 8.35. The number of rotatable bonds is 3. The largest absolute Gasteiger partial charge is 0.477 e. The fraction of sp³-hybridized carbons (Fsp3) is 0.312. The molecule has 130 valence electrons. The Kier molecular flexibility index (Phi) is 3.43. The van der Waals surface area contributed by atoms with E-state index in [4.69, 9.17) is 4.42 Å². The Labute approximate surface area is 143 Å². The molecule has 0 radical (unpaired) electrons. The minimum atomic E-state index is -3.11. The number of sulfone groups is 1. The fourth-order valence-electron chi connectivity index (χ4n) is 3.27. The number of furan rings is 1. The number of pyridine rings is 1. The third kappa shape index (κ3) is 2.60. The van der Waals surface area contributed by atoms with Gasteiger partial charge in [0, 0.05) is 5.56 Å². The summed E-state index contributed by atoms with van der Waals surface area (Å²) in [6.07, 6.45) is 1.94. The van der Waals surface area contributed by atoms with Crippen molar-refractivity contribution in [3.63, 3.8) is 0 Å². The maximum absolute atomic E-state index is 11.8. The molecule has 0 amide bonds. The predicted molar refractivity (Wildman–Crippen MR) is 89.2 cm³/mol. The lowest BCUT2D eigenvalue weighted by atomic mass is 10.1. The van der Waals surface area contributed by atoms with Crippen LogP contribution >= 0.6 is 0 Å². The molecule has 0 spiro atoms. The van der Waals surface area contributed by atoms with Crippen molar-refractivity contribution in [3.05, 3.63) is 35.9 Å². The Bertz CT molecular complexity index is 1080. The second kappa shape index (κ2) is 5.41. The van der Waals surface area contributed by atoms with E-state index in [1.165, 1.54) is 12.3 Å². The molecule has 1 N–H and O–H groups in total. The van der Waals surface area contributed by atoms with Gasteiger partial charge in [-0.1, -0.05) is 0 Å². The lowest BCUT2D eigenvalue weighted by Crippen LogP contribution is -2.14. The first kappa shape index (κ1) is 15.8. The molecule has 1 unspecified atom stereocenters. The zero-order chi connectivity index (χ0) is 17.8. The second-order valence-electron chi connectivity index (χ2n) is 6.12. The minimum Gasteiger partial charge on any atom is -0.477 e. The number of hydrogen-bond acceptors (Lipinski definition) is 6.